The van der Waals surface area contributed by atoms with Gasteiger partial charge in [0.1, 0.15) is 0 Å². The highest BCUT2D eigenvalue weighted by Crippen LogP contribution is 2.16. The Hall–Kier alpha value is -1.49. The molecule has 5 heteroatoms. The Morgan fingerprint density at radius 3 is 2.82 bits per heavy atom. The zero-order valence-corrected chi connectivity index (χ0v) is 9.25. The third-order valence-corrected chi connectivity index (χ3v) is 2.83. The van der Waals surface area contributed by atoms with E-state index in [1.54, 1.807) is 0 Å². The number of carbonyl (C=O) groups is 1. The standard InChI is InChI=1S/C12H14F2N2O/c13-11(14)7-16-12(17)10-5-8-3-1-2-4-9(8)6-15-10/h1-4,10-11,15H,5-7H2,(H,16,17)/t10-/m0/s1. The molecule has 0 radical (unpaired) electrons. The summed E-state index contributed by atoms with van der Waals surface area (Å²) in [6.07, 6.45) is -1.96. The van der Waals surface area contributed by atoms with E-state index in [0.717, 1.165) is 11.1 Å². The lowest BCUT2D eigenvalue weighted by Crippen LogP contribution is -2.48. The zero-order valence-electron chi connectivity index (χ0n) is 9.25. The van der Waals surface area contributed by atoms with Gasteiger partial charge in [0, 0.05) is 6.54 Å². The first-order chi connectivity index (χ1) is 8.16. The number of carbonyl (C=O) groups excluding carboxylic acids is 1. The summed E-state index contributed by atoms with van der Waals surface area (Å²) in [6.45, 7) is 0.0155. The molecule has 0 saturated heterocycles. The zero-order chi connectivity index (χ0) is 12.3. The van der Waals surface area contributed by atoms with E-state index >= 15 is 0 Å². The largest absolute Gasteiger partial charge is 0.349 e. The molecule has 3 nitrogen and oxygen atoms in total. The Balaban J connectivity index is 1.95. The van der Waals surface area contributed by atoms with Gasteiger partial charge in [0.05, 0.1) is 12.6 Å². The first-order valence-electron chi connectivity index (χ1n) is 5.53. The van der Waals surface area contributed by atoms with Crippen LogP contribution in [0, 0.1) is 0 Å². The summed E-state index contributed by atoms with van der Waals surface area (Å²) in [5, 5.41) is 5.27. The molecule has 1 aliphatic heterocycles. The molecule has 0 aliphatic carbocycles. The Morgan fingerprint density at radius 1 is 1.41 bits per heavy atom. The van der Waals surface area contributed by atoms with Gasteiger partial charge in [0.15, 0.2) is 0 Å². The Kier molecular flexibility index (Phi) is 3.68. The molecule has 0 spiro atoms. The maximum Gasteiger partial charge on any atom is 0.255 e. The molecule has 1 aromatic rings. The third kappa shape index (κ3) is 3.00. The molecule has 0 aromatic heterocycles. The highest BCUT2D eigenvalue weighted by molar-refractivity contribution is 5.82. The van der Waals surface area contributed by atoms with Crippen LogP contribution >= 0.6 is 0 Å². The number of rotatable bonds is 3. The fourth-order valence-corrected chi connectivity index (χ4v) is 1.94. The summed E-state index contributed by atoms with van der Waals surface area (Å²) >= 11 is 0. The average Bonchev–Trinajstić information content (AvgIpc) is 2.35. The van der Waals surface area contributed by atoms with Crippen molar-refractivity contribution in [2.75, 3.05) is 6.54 Å². The van der Waals surface area contributed by atoms with E-state index in [1.165, 1.54) is 0 Å². The SMILES string of the molecule is O=C(NCC(F)F)[C@@H]1Cc2ccccc2CN1. The van der Waals surface area contributed by atoms with Crippen LogP contribution in [0.2, 0.25) is 0 Å². The average molecular weight is 240 g/mol. The number of hydrogen-bond donors (Lipinski definition) is 2. The molecule has 1 aromatic carbocycles. The van der Waals surface area contributed by atoms with Crippen LogP contribution in [0.1, 0.15) is 11.1 Å². The molecule has 17 heavy (non-hydrogen) atoms. The van der Waals surface area contributed by atoms with Gasteiger partial charge in [-0.05, 0) is 17.5 Å². The van der Waals surface area contributed by atoms with Crippen molar-refractivity contribution in [3.63, 3.8) is 0 Å². The van der Waals surface area contributed by atoms with Gasteiger partial charge in [0.25, 0.3) is 6.43 Å². The monoisotopic (exact) mass is 240 g/mol. The van der Waals surface area contributed by atoms with Gasteiger partial charge in [0.2, 0.25) is 5.91 Å². The van der Waals surface area contributed by atoms with Crippen molar-refractivity contribution in [1.29, 1.82) is 0 Å². The minimum Gasteiger partial charge on any atom is -0.349 e. The van der Waals surface area contributed by atoms with Gasteiger partial charge in [-0.15, -0.1) is 0 Å². The van der Waals surface area contributed by atoms with Gasteiger partial charge in [-0.25, -0.2) is 8.78 Å². The maximum atomic E-state index is 12.0. The van der Waals surface area contributed by atoms with Gasteiger partial charge in [-0.3, -0.25) is 4.79 Å². The van der Waals surface area contributed by atoms with E-state index < -0.39 is 19.0 Å². The van der Waals surface area contributed by atoms with Crippen LogP contribution in [-0.4, -0.2) is 24.9 Å². The summed E-state index contributed by atoms with van der Waals surface area (Å²) in [5.74, 6) is -0.361. The van der Waals surface area contributed by atoms with Crippen molar-refractivity contribution in [3.8, 4) is 0 Å². The number of alkyl halides is 2. The molecule has 0 fully saturated rings. The minimum absolute atomic E-state index is 0.361. The van der Waals surface area contributed by atoms with Gasteiger partial charge < -0.3 is 10.6 Å². The fraction of sp³-hybridized carbons (Fsp3) is 0.417. The van der Waals surface area contributed by atoms with Crippen molar-refractivity contribution in [2.45, 2.75) is 25.4 Å². The Morgan fingerprint density at radius 2 is 2.12 bits per heavy atom. The second-order valence-corrected chi connectivity index (χ2v) is 4.04. The fourth-order valence-electron chi connectivity index (χ4n) is 1.94. The van der Waals surface area contributed by atoms with E-state index in [0.29, 0.717) is 13.0 Å². The molecule has 0 unspecified atom stereocenters. The van der Waals surface area contributed by atoms with Crippen LogP contribution in [0.5, 0.6) is 0 Å². The van der Waals surface area contributed by atoms with Crippen LogP contribution < -0.4 is 10.6 Å². The smallest absolute Gasteiger partial charge is 0.255 e. The van der Waals surface area contributed by atoms with Crippen LogP contribution in [0.25, 0.3) is 0 Å². The Labute approximate surface area is 98.2 Å². The molecule has 0 bridgehead atoms. The summed E-state index contributed by atoms with van der Waals surface area (Å²) in [6, 6.07) is 7.40. The summed E-state index contributed by atoms with van der Waals surface area (Å²) in [4.78, 5) is 11.6. The molecule has 2 rings (SSSR count). The van der Waals surface area contributed by atoms with Gasteiger partial charge in [-0.1, -0.05) is 24.3 Å². The topological polar surface area (TPSA) is 41.1 Å². The number of nitrogens with one attached hydrogen (secondary N) is 2. The minimum atomic E-state index is -2.50. The van der Waals surface area contributed by atoms with Crippen molar-refractivity contribution in [1.82, 2.24) is 10.6 Å². The van der Waals surface area contributed by atoms with Crippen molar-refractivity contribution < 1.29 is 13.6 Å². The normalized spacial score (nSPS) is 18.9. The third-order valence-electron chi connectivity index (χ3n) is 2.83. The van der Waals surface area contributed by atoms with Crippen LogP contribution in [0.3, 0.4) is 0 Å². The van der Waals surface area contributed by atoms with Crippen LogP contribution in [0.15, 0.2) is 24.3 Å². The van der Waals surface area contributed by atoms with Gasteiger partial charge in [-0.2, -0.15) is 0 Å². The van der Waals surface area contributed by atoms with E-state index in [2.05, 4.69) is 10.6 Å². The quantitative estimate of drug-likeness (QED) is 0.830. The van der Waals surface area contributed by atoms with Crippen LogP contribution in [0.4, 0.5) is 8.78 Å². The number of amides is 1. The highest BCUT2D eigenvalue weighted by atomic mass is 19.3. The number of hydrogen-bond acceptors (Lipinski definition) is 2. The number of fused-ring (bicyclic) bond motifs is 1. The highest BCUT2D eigenvalue weighted by Gasteiger charge is 2.23. The molecule has 0 saturated carbocycles. The predicted octanol–water partition coefficient (Wildman–Crippen LogP) is 1.08. The van der Waals surface area contributed by atoms with Crippen molar-refractivity contribution >= 4 is 5.91 Å². The molecule has 2 N–H and O–H groups in total. The Bertz CT molecular complexity index is 409. The van der Waals surface area contributed by atoms with Crippen LogP contribution in [-0.2, 0) is 17.8 Å². The molecule has 1 heterocycles. The number of benzene rings is 1. The molecule has 1 amide bonds. The first-order valence-corrected chi connectivity index (χ1v) is 5.53. The number of halogens is 2. The second-order valence-electron chi connectivity index (χ2n) is 4.04. The second kappa shape index (κ2) is 5.23. The van der Waals surface area contributed by atoms with E-state index in [4.69, 9.17) is 0 Å². The molecule has 1 aliphatic rings. The predicted molar refractivity (Wildman–Crippen MR) is 59.8 cm³/mol. The lowest BCUT2D eigenvalue weighted by atomic mass is 9.95. The lowest BCUT2D eigenvalue weighted by molar-refractivity contribution is -0.124. The maximum absolute atomic E-state index is 12.0. The van der Waals surface area contributed by atoms with E-state index in [-0.39, 0.29) is 5.91 Å². The lowest BCUT2D eigenvalue weighted by Gasteiger charge is -2.25. The molecule has 92 valence electrons. The summed E-state index contributed by atoms with van der Waals surface area (Å²) < 4.78 is 23.9. The summed E-state index contributed by atoms with van der Waals surface area (Å²) in [5.41, 5.74) is 2.26. The molecular weight excluding hydrogens is 226 g/mol. The van der Waals surface area contributed by atoms with E-state index in [1.807, 2.05) is 24.3 Å². The summed E-state index contributed by atoms with van der Waals surface area (Å²) in [7, 11) is 0. The van der Waals surface area contributed by atoms with E-state index in [9.17, 15) is 13.6 Å². The first kappa shape index (κ1) is 12.0. The molecular formula is C12H14F2N2O. The van der Waals surface area contributed by atoms with Gasteiger partial charge >= 0.3 is 0 Å². The van der Waals surface area contributed by atoms with Crippen molar-refractivity contribution in [2.24, 2.45) is 0 Å². The van der Waals surface area contributed by atoms with Crippen molar-refractivity contribution in [3.05, 3.63) is 35.4 Å². The molecule has 1 atom stereocenters.